The van der Waals surface area contributed by atoms with Gasteiger partial charge in [0.1, 0.15) is 11.6 Å². The Hall–Kier alpha value is -6.26. The predicted octanol–water partition coefficient (Wildman–Crippen LogP) is 17.7. The smallest absolute Gasteiger partial charge is 0.149 e. The van der Waals surface area contributed by atoms with Crippen LogP contribution in [0.15, 0.2) is 133 Å². The van der Waals surface area contributed by atoms with E-state index in [1.807, 2.05) is 106 Å². The molecule has 67 heavy (non-hydrogen) atoms. The van der Waals surface area contributed by atoms with E-state index in [1.54, 1.807) is 39.8 Å². The Morgan fingerprint density at radius 1 is 0.567 bits per heavy atom. The number of para-hydroxylation sites is 1. The molecule has 0 unspecified atom stereocenters. The van der Waals surface area contributed by atoms with Crippen molar-refractivity contribution < 1.29 is 27.0 Å². The van der Waals surface area contributed by atoms with E-state index in [2.05, 4.69) is 32.9 Å². The first-order valence-electron chi connectivity index (χ1n) is 30.7. The summed E-state index contributed by atoms with van der Waals surface area (Å²) in [6, 6.07) is 28.4. The highest BCUT2D eigenvalue weighted by molar-refractivity contribution is 5.97. The summed E-state index contributed by atoms with van der Waals surface area (Å²) < 4.78 is 141. The van der Waals surface area contributed by atoms with E-state index in [9.17, 15) is 9.22 Å². The number of nitrogens with zero attached hydrogens (tertiary/aromatic N) is 3. The third-order valence-electron chi connectivity index (χ3n) is 12.4. The van der Waals surface area contributed by atoms with E-state index in [1.165, 1.54) is 18.3 Å². The van der Waals surface area contributed by atoms with Gasteiger partial charge < -0.3 is 5.11 Å². The average molecular weight is 902 g/mol. The number of imidazole rings is 1. The fourth-order valence-electron chi connectivity index (χ4n) is 8.69. The molecule has 0 aliphatic rings. The molecule has 8 aromatic rings. The van der Waals surface area contributed by atoms with Gasteiger partial charge in [-0.25, -0.2) is 4.98 Å². The molecule has 0 fully saturated rings. The molecule has 0 radical (unpaired) electrons. The monoisotopic (exact) mass is 902 g/mol. The molecule has 8 rings (SSSR count). The maximum absolute atomic E-state index is 12.5. The maximum atomic E-state index is 12.5. The molecule has 0 atom stereocenters. The van der Waals surface area contributed by atoms with Gasteiger partial charge in [-0.2, -0.15) is 0 Å². The molecule has 4 heteroatoms. The number of phenols is 1. The minimum Gasteiger partial charge on any atom is -0.507 e. The molecule has 0 aliphatic heterocycles. The molecule has 1 N–H and O–H groups in total. The molecule has 6 aromatic carbocycles. The lowest BCUT2D eigenvalue weighted by Crippen LogP contribution is -2.13. The van der Waals surface area contributed by atoms with Gasteiger partial charge in [0.15, 0.2) is 0 Å². The molecule has 0 spiro atoms. The van der Waals surface area contributed by atoms with E-state index in [4.69, 9.17) is 27.8 Å². The van der Waals surface area contributed by atoms with Crippen molar-refractivity contribution in [1.82, 2.24) is 14.5 Å². The van der Waals surface area contributed by atoms with Crippen LogP contribution in [0.3, 0.4) is 0 Å². The first kappa shape index (κ1) is 30.9. The van der Waals surface area contributed by atoms with Crippen molar-refractivity contribution in [3.05, 3.63) is 167 Å². The molecule has 2 heterocycles. The van der Waals surface area contributed by atoms with Crippen molar-refractivity contribution in [2.75, 3.05) is 0 Å². The van der Waals surface area contributed by atoms with Crippen LogP contribution in [0.4, 0.5) is 0 Å². The quantitative estimate of drug-likeness (QED) is 0.157. The Bertz CT molecular complexity index is 3790. The summed E-state index contributed by atoms with van der Waals surface area (Å²) in [5, 5.41) is 12.5. The zero-order chi connectivity index (χ0) is 62.1. The summed E-state index contributed by atoms with van der Waals surface area (Å²) in [7, 11) is 0. The Balaban J connectivity index is 1.42. The molecule has 4 nitrogen and oxygen atoms in total. The molecule has 0 saturated heterocycles. The van der Waals surface area contributed by atoms with Crippen LogP contribution in [0.2, 0.25) is 0 Å². The number of phenolic OH excluding ortho intramolecular Hbond substituents is 1. The van der Waals surface area contributed by atoms with Crippen LogP contribution >= 0.6 is 0 Å². The highest BCUT2D eigenvalue weighted by Crippen LogP contribution is 2.45. The van der Waals surface area contributed by atoms with Gasteiger partial charge in [-0.3, -0.25) is 9.55 Å². The van der Waals surface area contributed by atoms with Crippen molar-refractivity contribution in [3.8, 4) is 67.5 Å². The van der Waals surface area contributed by atoms with Crippen LogP contribution in [0.1, 0.15) is 177 Å². The van der Waals surface area contributed by atoms with Crippen molar-refractivity contribution in [1.29, 1.82) is 0 Å². The van der Waals surface area contributed by atoms with E-state index in [-0.39, 0.29) is 22.3 Å². The normalized spacial score (nSPS) is 17.1. The van der Waals surface area contributed by atoms with Crippen molar-refractivity contribution in [2.45, 2.75) is 138 Å². The van der Waals surface area contributed by atoms with Gasteiger partial charge in [-0.1, -0.05) is 182 Å². The Kier molecular flexibility index (Phi) is 8.19. The molecule has 0 saturated carbocycles. The maximum Gasteiger partial charge on any atom is 0.149 e. The largest absolute Gasteiger partial charge is 0.507 e. The van der Waals surface area contributed by atoms with Gasteiger partial charge in [0, 0.05) is 39.5 Å². The third kappa shape index (κ3) is 9.38. The van der Waals surface area contributed by atoms with Gasteiger partial charge in [0.25, 0.3) is 0 Å². The van der Waals surface area contributed by atoms with Crippen molar-refractivity contribution in [3.63, 3.8) is 0 Å². The highest BCUT2D eigenvalue weighted by Gasteiger charge is 2.27. The zero-order valence-corrected chi connectivity index (χ0v) is 40.7. The lowest BCUT2D eigenvalue weighted by atomic mass is 9.80. The minimum atomic E-state index is -3.83. The lowest BCUT2D eigenvalue weighted by Gasteiger charge is -2.25. The standard InChI is InChI=1S/C63H71N3O/c1-38(2)43-34-53(40(5)6)59(67)54(35-43)60-65-58-49(20-18-22-57(58)66(60)48-27-28-50(52(37-48)39(3)4)51-19-16-17-21-55(51)63(13,14)15)44-31-45(33-47(32-44)62(10,11)12)56-36-42(29-30-64-56)41-23-25-46(26-24-41)61(7,8)9/h16-40,67H,1-15H3/i7D3,8D3,9D3,23D,24D,25D,26D,38D,39D,40D. The number of rotatable bonds is 9. The average Bonchev–Trinajstić information content (AvgIpc) is 2.50. The fourth-order valence-corrected chi connectivity index (χ4v) is 8.69. The summed E-state index contributed by atoms with van der Waals surface area (Å²) in [6.45, 7) is 11.7. The second-order valence-electron chi connectivity index (χ2n) is 20.4. The fraction of sp³-hybridized carbons (Fsp3) is 0.333. The van der Waals surface area contributed by atoms with Crippen LogP contribution in [0, 0.1) is 0 Å². The van der Waals surface area contributed by atoms with Crippen molar-refractivity contribution in [2.24, 2.45) is 0 Å². The summed E-state index contributed by atoms with van der Waals surface area (Å²) in [4.78, 5) is 10.2. The number of pyridine rings is 1. The predicted molar refractivity (Wildman–Crippen MR) is 286 cm³/mol. The molecule has 0 bridgehead atoms. The number of aromatic hydroxyl groups is 1. The van der Waals surface area contributed by atoms with Crippen LogP contribution in [0.25, 0.3) is 72.7 Å². The molecular formula is C63H71N3O. The van der Waals surface area contributed by atoms with Crippen molar-refractivity contribution >= 4 is 11.0 Å². The molecule has 0 aliphatic carbocycles. The summed E-state index contributed by atoms with van der Waals surface area (Å²) in [6.07, 6.45) is 1.41. The topological polar surface area (TPSA) is 50.9 Å². The van der Waals surface area contributed by atoms with Crippen LogP contribution in [0.5, 0.6) is 5.75 Å². The molecular weight excluding hydrogens is 815 g/mol. The summed E-state index contributed by atoms with van der Waals surface area (Å²) in [5.41, 5.74) is 3.80. The van der Waals surface area contributed by atoms with Gasteiger partial charge in [0.2, 0.25) is 0 Å². The Labute approximate surface area is 423 Å². The second-order valence-corrected chi connectivity index (χ2v) is 20.4. The molecule has 344 valence electrons. The van der Waals surface area contributed by atoms with Crippen LogP contribution < -0.4 is 0 Å². The Morgan fingerprint density at radius 3 is 1.91 bits per heavy atom. The van der Waals surface area contributed by atoms with E-state index >= 15 is 0 Å². The van der Waals surface area contributed by atoms with Crippen LogP contribution in [-0.4, -0.2) is 19.6 Å². The minimum absolute atomic E-state index is 0.102. The zero-order valence-electron chi connectivity index (χ0n) is 56.7. The number of benzene rings is 6. The highest BCUT2D eigenvalue weighted by atomic mass is 16.3. The Morgan fingerprint density at radius 2 is 1.25 bits per heavy atom. The number of aromatic nitrogens is 3. The number of fused-ring (bicyclic) bond motifs is 1. The van der Waals surface area contributed by atoms with E-state index < -0.39 is 78.8 Å². The third-order valence-corrected chi connectivity index (χ3v) is 12.4. The molecule has 2 aromatic heterocycles. The lowest BCUT2D eigenvalue weighted by molar-refractivity contribution is 0.466. The van der Waals surface area contributed by atoms with Gasteiger partial charge in [-0.15, -0.1) is 0 Å². The number of hydrogen-bond donors (Lipinski definition) is 1. The molecule has 0 amide bonds. The van der Waals surface area contributed by atoms with Gasteiger partial charge in [-0.05, 0) is 144 Å². The van der Waals surface area contributed by atoms with E-state index in [0.29, 0.717) is 61.6 Å². The first-order valence-corrected chi connectivity index (χ1v) is 22.7. The second kappa shape index (κ2) is 17.8. The van der Waals surface area contributed by atoms with Gasteiger partial charge >= 0.3 is 0 Å². The first-order chi connectivity index (χ1) is 37.8. The SMILES string of the molecule is [2H]c1c([2H])c(C(C([2H])([2H])[2H])(C([2H])([2H])[2H])C([2H])([2H])[2H])c([2H])c([2H])c1-c1ccnc(-c2cc(-c3cccc4c3nc(-c3cc(C([2H])(C)C)cc(C([2H])(C)C)c3O)n4-c3ccc(-c4ccccc4C(C)(C)C)c(C([2H])(C)C)c3)cc(C(C)(C)C)c2)c1. The van der Waals surface area contributed by atoms with Crippen LogP contribution in [-0.2, 0) is 16.2 Å². The number of hydrogen-bond acceptors (Lipinski definition) is 3. The summed E-state index contributed by atoms with van der Waals surface area (Å²) in [5.74, 6) is -3.42. The van der Waals surface area contributed by atoms with E-state index in [0.717, 1.165) is 27.8 Å². The van der Waals surface area contributed by atoms with Gasteiger partial charge in [0.05, 0.1) is 27.8 Å². The summed E-state index contributed by atoms with van der Waals surface area (Å²) >= 11 is 0.